The van der Waals surface area contributed by atoms with E-state index in [9.17, 15) is 17.6 Å². The molecule has 1 amide bonds. The minimum absolute atomic E-state index is 0.225. The van der Waals surface area contributed by atoms with Crippen molar-refractivity contribution in [3.05, 3.63) is 82.8 Å². The number of carbonyl (C=O) groups is 1. The van der Waals surface area contributed by atoms with E-state index >= 15 is 0 Å². The molecule has 33 heavy (non-hydrogen) atoms. The lowest BCUT2D eigenvalue weighted by Gasteiger charge is -2.32. The predicted octanol–water partition coefficient (Wildman–Crippen LogP) is 4.28. The van der Waals surface area contributed by atoms with E-state index in [1.807, 2.05) is 0 Å². The van der Waals surface area contributed by atoms with Gasteiger partial charge in [-0.05, 0) is 54.7 Å². The number of likely N-dealkylation sites (tertiary alicyclic amines) is 1. The monoisotopic (exact) mass is 488 g/mol. The number of aromatic nitrogens is 1. The molecule has 1 aromatic heterocycles. The maximum absolute atomic E-state index is 13.3. The molecule has 0 radical (unpaired) electrons. The van der Waals surface area contributed by atoms with Crippen LogP contribution in [0.15, 0.2) is 65.8 Å². The van der Waals surface area contributed by atoms with E-state index in [-0.39, 0.29) is 33.9 Å². The summed E-state index contributed by atoms with van der Waals surface area (Å²) < 4.78 is 36.8. The zero-order chi connectivity index (χ0) is 23.6. The SMILES string of the molecule is NS(=O)(=O)c1cc(Nc2cccc(Cl)c2)c(C(=O)N2CCC(c3ccc(F)cc3)CC2)cn1. The second-order valence-corrected chi connectivity index (χ2v) is 9.81. The molecule has 0 unspecified atom stereocenters. The summed E-state index contributed by atoms with van der Waals surface area (Å²) in [6, 6.07) is 14.5. The van der Waals surface area contributed by atoms with E-state index in [0.717, 1.165) is 18.4 Å². The number of benzene rings is 2. The Labute approximate surface area is 196 Å². The number of primary sulfonamides is 1. The van der Waals surface area contributed by atoms with Gasteiger partial charge in [-0.15, -0.1) is 0 Å². The minimum atomic E-state index is -4.06. The van der Waals surface area contributed by atoms with Crippen LogP contribution in [-0.4, -0.2) is 37.3 Å². The molecule has 2 heterocycles. The first kappa shape index (κ1) is 23.2. The van der Waals surface area contributed by atoms with Crippen LogP contribution in [-0.2, 0) is 10.0 Å². The average molecular weight is 489 g/mol. The molecule has 172 valence electrons. The standard InChI is InChI=1S/C23H22ClFN4O3S/c24-17-2-1-3-19(12-17)28-21-13-22(33(26,31)32)27-14-20(21)23(30)29-10-8-16(9-11-29)15-4-6-18(25)7-5-15/h1-7,12-14,16H,8-11H2,(H,27,28)(H2,26,31,32). The molecule has 0 saturated carbocycles. The van der Waals surface area contributed by atoms with Crippen molar-refractivity contribution < 1.29 is 17.6 Å². The van der Waals surface area contributed by atoms with Crippen molar-refractivity contribution in [1.82, 2.24) is 9.88 Å². The third kappa shape index (κ3) is 5.50. The third-order valence-electron chi connectivity index (χ3n) is 5.63. The Kier molecular flexibility index (Phi) is 6.64. The van der Waals surface area contributed by atoms with Crippen LogP contribution >= 0.6 is 11.6 Å². The summed E-state index contributed by atoms with van der Waals surface area (Å²) in [5, 5.41) is 8.43. The second kappa shape index (κ2) is 9.46. The highest BCUT2D eigenvalue weighted by atomic mass is 35.5. The molecule has 0 bridgehead atoms. The summed E-state index contributed by atoms with van der Waals surface area (Å²) in [6.07, 6.45) is 2.69. The van der Waals surface area contributed by atoms with Crippen molar-refractivity contribution in [2.75, 3.05) is 18.4 Å². The van der Waals surface area contributed by atoms with Crippen molar-refractivity contribution in [2.45, 2.75) is 23.8 Å². The Morgan fingerprint density at radius 1 is 1.12 bits per heavy atom. The van der Waals surface area contributed by atoms with E-state index in [4.69, 9.17) is 16.7 Å². The van der Waals surface area contributed by atoms with E-state index in [0.29, 0.717) is 23.8 Å². The van der Waals surface area contributed by atoms with Gasteiger partial charge < -0.3 is 10.2 Å². The zero-order valence-electron chi connectivity index (χ0n) is 17.5. The number of nitrogens with two attached hydrogens (primary N) is 1. The number of nitrogens with one attached hydrogen (secondary N) is 1. The molecule has 10 heteroatoms. The third-order valence-corrected chi connectivity index (χ3v) is 6.67. The van der Waals surface area contributed by atoms with E-state index in [1.54, 1.807) is 41.3 Å². The van der Waals surface area contributed by atoms with Crippen molar-refractivity contribution in [1.29, 1.82) is 0 Å². The minimum Gasteiger partial charge on any atom is -0.355 e. The van der Waals surface area contributed by atoms with E-state index < -0.39 is 10.0 Å². The summed E-state index contributed by atoms with van der Waals surface area (Å²) in [6.45, 7) is 1.02. The number of carbonyl (C=O) groups excluding carboxylic acids is 1. The van der Waals surface area contributed by atoms with Crippen LogP contribution in [0.5, 0.6) is 0 Å². The van der Waals surface area contributed by atoms with Crippen molar-refractivity contribution in [3.63, 3.8) is 0 Å². The smallest absolute Gasteiger partial charge is 0.257 e. The van der Waals surface area contributed by atoms with Gasteiger partial charge in [-0.2, -0.15) is 0 Å². The number of pyridine rings is 1. The summed E-state index contributed by atoms with van der Waals surface area (Å²) in [7, 11) is -4.06. The summed E-state index contributed by atoms with van der Waals surface area (Å²) in [5.74, 6) is -0.311. The molecule has 1 fully saturated rings. The fourth-order valence-electron chi connectivity index (χ4n) is 3.91. The van der Waals surface area contributed by atoms with Crippen LogP contribution in [0.2, 0.25) is 5.02 Å². The van der Waals surface area contributed by atoms with E-state index in [2.05, 4.69) is 10.3 Å². The molecule has 3 aromatic rings. The fraction of sp³-hybridized carbons (Fsp3) is 0.217. The summed E-state index contributed by atoms with van der Waals surface area (Å²) in [4.78, 5) is 18.9. The Hall–Kier alpha value is -3.01. The van der Waals surface area contributed by atoms with Gasteiger partial charge in [0.05, 0.1) is 11.3 Å². The molecule has 1 saturated heterocycles. The Morgan fingerprint density at radius 2 is 1.82 bits per heavy atom. The Balaban J connectivity index is 1.57. The highest BCUT2D eigenvalue weighted by Crippen LogP contribution is 2.31. The summed E-state index contributed by atoms with van der Waals surface area (Å²) in [5.41, 5.74) is 2.12. The molecule has 4 rings (SSSR count). The van der Waals surface area contributed by atoms with Gasteiger partial charge in [0.25, 0.3) is 15.9 Å². The van der Waals surface area contributed by atoms with Gasteiger partial charge in [0, 0.05) is 36.1 Å². The lowest BCUT2D eigenvalue weighted by molar-refractivity contribution is 0.0713. The maximum Gasteiger partial charge on any atom is 0.257 e. The van der Waals surface area contributed by atoms with Gasteiger partial charge in [-0.3, -0.25) is 4.79 Å². The Morgan fingerprint density at radius 3 is 2.45 bits per heavy atom. The number of hydrogen-bond acceptors (Lipinski definition) is 5. The number of sulfonamides is 1. The molecule has 0 aliphatic carbocycles. The van der Waals surface area contributed by atoms with Crippen LogP contribution in [0.4, 0.5) is 15.8 Å². The normalized spacial score (nSPS) is 14.8. The number of hydrogen-bond donors (Lipinski definition) is 2. The number of anilines is 2. The van der Waals surface area contributed by atoms with Gasteiger partial charge in [0.15, 0.2) is 5.03 Å². The summed E-state index contributed by atoms with van der Waals surface area (Å²) >= 11 is 6.05. The van der Waals surface area contributed by atoms with Gasteiger partial charge in [-0.1, -0.05) is 29.8 Å². The van der Waals surface area contributed by atoms with Crippen molar-refractivity contribution in [3.8, 4) is 0 Å². The highest BCUT2D eigenvalue weighted by Gasteiger charge is 2.27. The number of halogens is 2. The first-order valence-electron chi connectivity index (χ1n) is 10.3. The number of nitrogens with zero attached hydrogens (tertiary/aromatic N) is 2. The molecule has 0 atom stereocenters. The van der Waals surface area contributed by atoms with Gasteiger partial charge >= 0.3 is 0 Å². The molecule has 0 spiro atoms. The predicted molar refractivity (Wildman–Crippen MR) is 125 cm³/mol. The first-order valence-corrected chi connectivity index (χ1v) is 12.2. The molecule has 1 aliphatic heterocycles. The largest absolute Gasteiger partial charge is 0.355 e. The molecule has 2 aromatic carbocycles. The maximum atomic E-state index is 13.3. The lowest BCUT2D eigenvalue weighted by Crippen LogP contribution is -2.38. The van der Waals surface area contributed by atoms with Crippen molar-refractivity contribution in [2.24, 2.45) is 5.14 Å². The molecule has 3 N–H and O–H groups in total. The van der Waals surface area contributed by atoms with Gasteiger partial charge in [-0.25, -0.2) is 22.9 Å². The Bertz CT molecular complexity index is 1280. The molecule has 7 nitrogen and oxygen atoms in total. The second-order valence-electron chi connectivity index (χ2n) is 7.87. The van der Waals surface area contributed by atoms with Crippen molar-refractivity contribution >= 4 is 38.9 Å². The highest BCUT2D eigenvalue weighted by molar-refractivity contribution is 7.89. The molecular formula is C23H22ClFN4O3S. The van der Waals surface area contributed by atoms with Crippen LogP contribution in [0.1, 0.15) is 34.7 Å². The number of piperidine rings is 1. The van der Waals surface area contributed by atoms with Gasteiger partial charge in [0.1, 0.15) is 5.82 Å². The topological polar surface area (TPSA) is 105 Å². The van der Waals surface area contributed by atoms with Crippen LogP contribution < -0.4 is 10.5 Å². The fourth-order valence-corrected chi connectivity index (χ4v) is 4.58. The number of amides is 1. The average Bonchev–Trinajstić information content (AvgIpc) is 2.79. The molecule has 1 aliphatic rings. The zero-order valence-corrected chi connectivity index (χ0v) is 19.1. The van der Waals surface area contributed by atoms with Gasteiger partial charge in [0.2, 0.25) is 0 Å². The van der Waals surface area contributed by atoms with Crippen LogP contribution in [0.3, 0.4) is 0 Å². The van der Waals surface area contributed by atoms with E-state index in [1.165, 1.54) is 24.4 Å². The first-order chi connectivity index (χ1) is 15.7. The lowest BCUT2D eigenvalue weighted by atomic mass is 9.89. The number of rotatable bonds is 5. The quantitative estimate of drug-likeness (QED) is 0.557. The van der Waals surface area contributed by atoms with Crippen LogP contribution in [0, 0.1) is 5.82 Å². The van der Waals surface area contributed by atoms with Crippen LogP contribution in [0.25, 0.3) is 0 Å². The molecular weight excluding hydrogens is 467 g/mol.